The average Bonchev–Trinajstić information content (AvgIpc) is 3.88. The minimum Gasteiger partial charge on any atom is -0.509 e. The molecule has 0 saturated carbocycles. The molecule has 0 amide bonds. The van der Waals surface area contributed by atoms with Crippen molar-refractivity contribution in [3.05, 3.63) is 225 Å². The second-order valence-electron chi connectivity index (χ2n) is 16.7. The summed E-state index contributed by atoms with van der Waals surface area (Å²) >= 11 is 0. The van der Waals surface area contributed by atoms with Gasteiger partial charge in [-0.1, -0.05) is 160 Å². The first-order valence-corrected chi connectivity index (χ1v) is 21.1. The second kappa shape index (κ2) is 16.8. The van der Waals surface area contributed by atoms with E-state index in [1.165, 1.54) is 0 Å². The predicted molar refractivity (Wildman–Crippen MR) is 259 cm³/mol. The summed E-state index contributed by atoms with van der Waals surface area (Å²) in [6.45, 7) is 8.02. The molecule has 314 valence electrons. The first-order valence-electron chi connectivity index (χ1n) is 22.6. The number of hydrogen-bond acceptors (Lipinski definition) is 4. The quantitative estimate of drug-likeness (QED) is 0.142. The van der Waals surface area contributed by atoms with Crippen molar-refractivity contribution in [3.8, 4) is 50.7 Å². The summed E-state index contributed by atoms with van der Waals surface area (Å²) in [6, 6.07) is 69.4. The Balaban J connectivity index is 0.00000525. The third kappa shape index (κ3) is 7.46. The van der Waals surface area contributed by atoms with Crippen LogP contribution in [-0.2, 0) is 26.5 Å². The van der Waals surface area contributed by atoms with E-state index in [9.17, 15) is 1.37 Å². The Hall–Kier alpha value is -7.20. The number of hydrogen-bond donors (Lipinski definition) is 0. The van der Waals surface area contributed by atoms with Gasteiger partial charge in [-0.2, -0.15) is 12.1 Å². The third-order valence-electron chi connectivity index (χ3n) is 11.6. The Morgan fingerprint density at radius 2 is 1.19 bits per heavy atom. The van der Waals surface area contributed by atoms with Crippen molar-refractivity contribution in [1.82, 2.24) is 9.55 Å². The monoisotopic (exact) mass is 1010 g/mol. The first-order chi connectivity index (χ1) is 32.1. The van der Waals surface area contributed by atoms with Gasteiger partial charge < -0.3 is 19.1 Å². The molecule has 10 aromatic rings. The van der Waals surface area contributed by atoms with Crippen molar-refractivity contribution in [1.29, 1.82) is 0 Å². The normalized spacial score (nSPS) is 13.0. The fourth-order valence-corrected chi connectivity index (χ4v) is 8.54. The van der Waals surface area contributed by atoms with E-state index in [0.717, 1.165) is 72.4 Å². The molecule has 0 unspecified atom stereocenters. The molecular formula is C58H43N4OPt-3. The fourth-order valence-electron chi connectivity index (χ4n) is 8.54. The van der Waals surface area contributed by atoms with Crippen LogP contribution >= 0.6 is 0 Å². The summed E-state index contributed by atoms with van der Waals surface area (Å²) in [4.78, 5) is 9.03. The zero-order valence-electron chi connectivity index (χ0n) is 38.4. The van der Waals surface area contributed by atoms with E-state index in [-0.39, 0.29) is 45.1 Å². The standard InChI is InChI=1S/C58H43N4O.Pt/c1-58(2,3)44-33-34-59-56(36-44)62-52-32-29-43(40-17-7-4-8-18-40)35-51(52)50-31-30-47(38-55(50)62)63-46-24-15-23-45(37-46)60-39-61(54-28-14-13-27-53(54)60)57-48(41-19-9-5-10-20-41)25-16-26-49(57)42-21-11-6-12-22-42;/h4-36,39H,1-3H3;/q-3;/i33D,34D,36D;. The smallest absolute Gasteiger partial charge is 0.135 e. The maximum atomic E-state index is 9.47. The Labute approximate surface area is 393 Å². The molecule has 3 heterocycles. The summed E-state index contributed by atoms with van der Waals surface area (Å²) in [5, 5.41) is 1.83. The van der Waals surface area contributed by atoms with Gasteiger partial charge in [0.2, 0.25) is 0 Å². The maximum absolute atomic E-state index is 9.47. The molecule has 0 bridgehead atoms. The summed E-state index contributed by atoms with van der Waals surface area (Å²) in [5.41, 5.74) is 11.8. The number of rotatable bonds is 8. The van der Waals surface area contributed by atoms with Crippen LogP contribution in [0.3, 0.4) is 0 Å². The van der Waals surface area contributed by atoms with Crippen LogP contribution in [-0.4, -0.2) is 9.55 Å². The number of aromatic nitrogens is 2. The van der Waals surface area contributed by atoms with E-state index in [1.807, 2.05) is 92.1 Å². The number of nitrogens with zero attached hydrogens (tertiary/aromatic N) is 4. The van der Waals surface area contributed by atoms with Crippen molar-refractivity contribution in [2.45, 2.75) is 26.2 Å². The van der Waals surface area contributed by atoms with Crippen molar-refractivity contribution in [2.75, 3.05) is 9.80 Å². The van der Waals surface area contributed by atoms with E-state index in [4.69, 9.17) is 7.48 Å². The average molecular weight is 1010 g/mol. The van der Waals surface area contributed by atoms with Crippen LogP contribution in [0, 0.1) is 18.8 Å². The number of pyridine rings is 1. The Bertz CT molecular complexity index is 3410. The summed E-state index contributed by atoms with van der Waals surface area (Å²) in [6.07, 6.45) is -0.181. The molecule has 8 aromatic carbocycles. The molecule has 0 aliphatic carbocycles. The maximum Gasteiger partial charge on any atom is 0.135 e. The molecule has 0 fully saturated rings. The second-order valence-corrected chi connectivity index (χ2v) is 16.7. The van der Waals surface area contributed by atoms with E-state index < -0.39 is 5.41 Å². The van der Waals surface area contributed by atoms with E-state index in [2.05, 4.69) is 149 Å². The topological polar surface area (TPSA) is 33.5 Å². The number of anilines is 4. The number of para-hydroxylation sites is 3. The SMILES string of the molecule is [2H]c1nc(-n2c3[c-]c(Oc4[c-]c(N5[CH-]N(c6c(-c7ccccc7)cccc6-c6ccccc6)c6ccccc65)ccc4)ccc3c3cc(-c4ccccc4)ccc32)c([2H])c(C(C)(C)C)c1[2H].[Pt]. The summed E-state index contributed by atoms with van der Waals surface area (Å²) in [5.74, 6) is 1.22. The van der Waals surface area contributed by atoms with Gasteiger partial charge in [0, 0.05) is 72.4 Å². The predicted octanol–water partition coefficient (Wildman–Crippen LogP) is 15.3. The zero-order chi connectivity index (χ0) is 45.1. The van der Waals surface area contributed by atoms with Crippen molar-refractivity contribution >= 4 is 44.6 Å². The van der Waals surface area contributed by atoms with Crippen LogP contribution in [0.25, 0.3) is 61.0 Å². The van der Waals surface area contributed by atoms with Crippen molar-refractivity contribution in [3.63, 3.8) is 0 Å². The van der Waals surface area contributed by atoms with Gasteiger partial charge in [-0.3, -0.25) is 0 Å². The fraction of sp³-hybridized carbons (Fsp3) is 0.0690. The largest absolute Gasteiger partial charge is 0.509 e. The number of ether oxygens (including phenoxy) is 1. The minimum absolute atomic E-state index is 0. The van der Waals surface area contributed by atoms with E-state index >= 15 is 0 Å². The van der Waals surface area contributed by atoms with Gasteiger partial charge >= 0.3 is 0 Å². The molecule has 5 nitrogen and oxygen atoms in total. The molecule has 64 heavy (non-hydrogen) atoms. The van der Waals surface area contributed by atoms with Crippen LogP contribution in [0.5, 0.6) is 11.5 Å². The van der Waals surface area contributed by atoms with E-state index in [0.29, 0.717) is 22.6 Å². The van der Waals surface area contributed by atoms with Gasteiger partial charge in [-0.25, -0.2) is 4.98 Å². The number of fused-ring (bicyclic) bond motifs is 4. The van der Waals surface area contributed by atoms with E-state index in [1.54, 1.807) is 0 Å². The Morgan fingerprint density at radius 3 is 1.86 bits per heavy atom. The Kier molecular flexibility index (Phi) is 9.82. The van der Waals surface area contributed by atoms with Gasteiger partial charge in [0.25, 0.3) is 0 Å². The van der Waals surface area contributed by atoms with Crippen LogP contribution in [0.1, 0.15) is 30.4 Å². The van der Waals surface area contributed by atoms with Gasteiger partial charge in [0.15, 0.2) is 0 Å². The van der Waals surface area contributed by atoms with Crippen LogP contribution in [0.2, 0.25) is 0 Å². The summed E-state index contributed by atoms with van der Waals surface area (Å²) in [7, 11) is 0. The van der Waals surface area contributed by atoms with Crippen LogP contribution in [0.4, 0.5) is 22.7 Å². The van der Waals surface area contributed by atoms with Gasteiger partial charge in [-0.05, 0) is 68.9 Å². The van der Waals surface area contributed by atoms with Crippen LogP contribution in [0.15, 0.2) is 200 Å². The molecular weight excluding hydrogens is 964 g/mol. The molecule has 0 spiro atoms. The molecule has 1 aliphatic rings. The molecule has 6 heteroatoms. The third-order valence-corrected chi connectivity index (χ3v) is 11.6. The molecule has 0 N–H and O–H groups in total. The molecule has 0 radical (unpaired) electrons. The van der Waals surface area contributed by atoms with Gasteiger partial charge in [-0.15, -0.1) is 48.1 Å². The van der Waals surface area contributed by atoms with Gasteiger partial charge in [0.05, 0.1) is 4.11 Å². The first kappa shape index (κ1) is 37.4. The van der Waals surface area contributed by atoms with Gasteiger partial charge in [0.1, 0.15) is 5.82 Å². The summed E-state index contributed by atoms with van der Waals surface area (Å²) < 4.78 is 35.6. The van der Waals surface area contributed by atoms with Crippen LogP contribution < -0.4 is 14.5 Å². The van der Waals surface area contributed by atoms with Crippen molar-refractivity contribution in [2.24, 2.45) is 0 Å². The number of benzene rings is 8. The molecule has 0 saturated heterocycles. The molecule has 11 rings (SSSR count). The Morgan fingerprint density at radius 1 is 0.578 bits per heavy atom. The molecule has 1 aliphatic heterocycles. The minimum atomic E-state index is -0.570. The molecule has 2 aromatic heterocycles. The zero-order valence-corrected chi connectivity index (χ0v) is 37.7. The molecule has 0 atom stereocenters. The van der Waals surface area contributed by atoms with Crippen molar-refractivity contribution < 1.29 is 29.9 Å².